The number of fused-ring (bicyclic) bond motifs is 3. The van der Waals surface area contributed by atoms with Gasteiger partial charge in [-0.3, -0.25) is 0 Å². The van der Waals surface area contributed by atoms with Gasteiger partial charge in [0.2, 0.25) is 0 Å². The Balaban J connectivity index is 1.72. The second-order valence-electron chi connectivity index (χ2n) is 10.3. The summed E-state index contributed by atoms with van der Waals surface area (Å²) in [5.74, 6) is 1.13. The summed E-state index contributed by atoms with van der Waals surface area (Å²) < 4.78 is 32.1. The molecule has 1 aliphatic rings. The van der Waals surface area contributed by atoms with Crippen LogP contribution < -0.4 is 9.47 Å². The summed E-state index contributed by atoms with van der Waals surface area (Å²) in [4.78, 5) is 35.9. The summed E-state index contributed by atoms with van der Waals surface area (Å²) in [6, 6.07) is 5.16. The molecule has 0 saturated carbocycles. The monoisotopic (exact) mass is 569 g/mol. The number of aromatic nitrogens is 5. The van der Waals surface area contributed by atoms with Crippen LogP contribution in [0.4, 0.5) is 0 Å². The van der Waals surface area contributed by atoms with Crippen LogP contribution in [0.1, 0.15) is 46.9 Å². The van der Waals surface area contributed by atoms with E-state index in [0.29, 0.717) is 48.6 Å². The summed E-state index contributed by atoms with van der Waals surface area (Å²) in [7, 11) is 1.66. The molecule has 12 heteroatoms. The second kappa shape index (κ2) is 12.7. The van der Waals surface area contributed by atoms with Crippen molar-refractivity contribution in [1.82, 2.24) is 24.3 Å². The Kier molecular flexibility index (Phi) is 9.31. The average Bonchev–Trinajstić information content (AvgIpc) is 3.46. The Labute approximate surface area is 239 Å². The van der Waals surface area contributed by atoms with Gasteiger partial charge < -0.3 is 28.3 Å². The fourth-order valence-electron chi connectivity index (χ4n) is 4.77. The molecule has 222 valence electrons. The van der Waals surface area contributed by atoms with Gasteiger partial charge in [0.05, 0.1) is 38.0 Å². The van der Waals surface area contributed by atoms with E-state index in [0.717, 1.165) is 5.56 Å². The zero-order valence-electron chi connectivity index (χ0n) is 24.8. The van der Waals surface area contributed by atoms with Crippen LogP contribution in [0.2, 0.25) is 0 Å². The van der Waals surface area contributed by atoms with Crippen LogP contribution in [-0.2, 0) is 36.9 Å². The Morgan fingerprint density at radius 3 is 2.41 bits per heavy atom. The van der Waals surface area contributed by atoms with Crippen molar-refractivity contribution in [3.63, 3.8) is 0 Å². The molecule has 3 aromatic rings. The van der Waals surface area contributed by atoms with Crippen molar-refractivity contribution in [2.45, 2.75) is 72.8 Å². The van der Waals surface area contributed by atoms with Gasteiger partial charge in [0.25, 0.3) is 0 Å². The number of esters is 2. The lowest BCUT2D eigenvalue weighted by molar-refractivity contribution is -0.181. The molecule has 1 unspecified atom stereocenters. The summed E-state index contributed by atoms with van der Waals surface area (Å²) in [5.41, 5.74) is -0.542. The fourth-order valence-corrected chi connectivity index (χ4v) is 4.77. The van der Waals surface area contributed by atoms with Gasteiger partial charge in [-0.05, 0) is 45.7 Å². The smallest absolute Gasteiger partial charge is 0.362 e. The molecule has 0 saturated heterocycles. The van der Waals surface area contributed by atoms with Gasteiger partial charge in [-0.2, -0.15) is 5.10 Å². The molecule has 2 aromatic heterocycles. The zero-order valence-corrected chi connectivity index (χ0v) is 24.8. The number of hydrogen-bond donors (Lipinski definition) is 0. The third-order valence-electron chi connectivity index (χ3n) is 6.60. The molecule has 0 fully saturated rings. The highest BCUT2D eigenvalue weighted by Crippen LogP contribution is 2.38. The van der Waals surface area contributed by atoms with E-state index < -0.39 is 17.5 Å². The molecule has 3 heterocycles. The lowest BCUT2D eigenvalue weighted by atomic mass is 9.91. The molecule has 1 aromatic carbocycles. The van der Waals surface area contributed by atoms with Crippen LogP contribution >= 0.6 is 0 Å². The number of aryl methyl sites for hydroxylation is 1. The van der Waals surface area contributed by atoms with Crippen LogP contribution in [0.15, 0.2) is 24.4 Å². The van der Waals surface area contributed by atoms with Gasteiger partial charge in [-0.15, -0.1) is 0 Å². The first-order valence-electron chi connectivity index (χ1n) is 13.9. The zero-order chi connectivity index (χ0) is 29.7. The number of carbonyl (C=O) groups is 2. The van der Waals surface area contributed by atoms with Gasteiger partial charge in [0.1, 0.15) is 35.4 Å². The van der Waals surface area contributed by atoms with Gasteiger partial charge >= 0.3 is 17.5 Å². The number of hydrogen-bond acceptors (Lipinski definition) is 10. The van der Waals surface area contributed by atoms with Crippen LogP contribution in [-0.4, -0.2) is 74.9 Å². The van der Waals surface area contributed by atoms with Crippen LogP contribution in [0.25, 0.3) is 22.9 Å². The predicted molar refractivity (Wildman–Crippen MR) is 149 cm³/mol. The maximum absolute atomic E-state index is 13.2. The molecule has 12 nitrogen and oxygen atoms in total. The molecule has 0 spiro atoms. The lowest BCUT2D eigenvalue weighted by Crippen LogP contribution is -2.54. The Bertz CT molecular complexity index is 1360. The highest BCUT2D eigenvalue weighted by atomic mass is 16.6. The second-order valence-corrected chi connectivity index (χ2v) is 10.3. The first-order valence-corrected chi connectivity index (χ1v) is 13.9. The minimum atomic E-state index is -1.95. The van der Waals surface area contributed by atoms with E-state index in [4.69, 9.17) is 28.7 Å². The lowest BCUT2D eigenvalue weighted by Gasteiger charge is -2.31. The molecule has 1 aliphatic heterocycles. The normalized spacial score (nSPS) is 13.6. The summed E-state index contributed by atoms with van der Waals surface area (Å²) in [6.45, 7) is 12.6. The third kappa shape index (κ3) is 6.37. The first kappa shape index (κ1) is 30.0. The highest BCUT2D eigenvalue weighted by Gasteiger charge is 2.52. The number of nitrogens with zero attached hydrogens (tertiary/aromatic N) is 5. The SMILES string of the molecule is CCOC(=O)C(CC(C)C)(Oc1ccc2c(c1)OCCn1cc(-c3nc(C)nn3CC(C)OC)nc1-2)C(=O)OCC. The number of imidazole rings is 1. The number of rotatable bonds is 12. The number of benzene rings is 1. The van der Waals surface area contributed by atoms with Gasteiger partial charge in [-0.1, -0.05) is 13.8 Å². The molecule has 0 bridgehead atoms. The largest absolute Gasteiger partial charge is 0.491 e. The molecule has 0 amide bonds. The van der Waals surface area contributed by atoms with Crippen molar-refractivity contribution < 1.29 is 33.3 Å². The topological polar surface area (TPSA) is 129 Å². The molecule has 0 N–H and O–H groups in total. The van der Waals surface area contributed by atoms with E-state index in [2.05, 4.69) is 10.1 Å². The van der Waals surface area contributed by atoms with Crippen molar-refractivity contribution in [2.24, 2.45) is 5.92 Å². The Morgan fingerprint density at radius 2 is 1.78 bits per heavy atom. The first-order chi connectivity index (χ1) is 19.6. The predicted octanol–water partition coefficient (Wildman–Crippen LogP) is 3.83. The van der Waals surface area contributed by atoms with E-state index >= 15 is 0 Å². The number of methoxy groups -OCH3 is 1. The molecule has 1 atom stereocenters. The van der Waals surface area contributed by atoms with E-state index in [9.17, 15) is 9.59 Å². The van der Waals surface area contributed by atoms with Crippen molar-refractivity contribution in [3.05, 3.63) is 30.2 Å². The van der Waals surface area contributed by atoms with Gasteiger partial charge in [0.15, 0.2) is 5.82 Å². The third-order valence-corrected chi connectivity index (χ3v) is 6.60. The minimum Gasteiger partial charge on any atom is -0.491 e. The van der Waals surface area contributed by atoms with Crippen molar-refractivity contribution in [1.29, 1.82) is 0 Å². The van der Waals surface area contributed by atoms with E-state index in [1.165, 1.54) is 0 Å². The number of ether oxygens (including phenoxy) is 5. The molecular weight excluding hydrogens is 530 g/mol. The van der Waals surface area contributed by atoms with Crippen LogP contribution in [0.5, 0.6) is 11.5 Å². The van der Waals surface area contributed by atoms with Crippen molar-refractivity contribution in [3.8, 4) is 34.4 Å². The Hall–Kier alpha value is -3.93. The summed E-state index contributed by atoms with van der Waals surface area (Å²) >= 11 is 0. The van der Waals surface area contributed by atoms with Crippen LogP contribution in [0.3, 0.4) is 0 Å². The Morgan fingerprint density at radius 1 is 1.07 bits per heavy atom. The van der Waals surface area contributed by atoms with Gasteiger partial charge in [-0.25, -0.2) is 24.2 Å². The maximum atomic E-state index is 13.2. The fraction of sp³-hybridized carbons (Fsp3) is 0.552. The molecule has 4 rings (SSSR count). The maximum Gasteiger partial charge on any atom is 0.362 e. The molecular formula is C29H39N5O7. The van der Waals surface area contributed by atoms with Crippen molar-refractivity contribution >= 4 is 11.9 Å². The molecule has 41 heavy (non-hydrogen) atoms. The molecule has 0 radical (unpaired) electrons. The minimum absolute atomic E-state index is 0.0464. The average molecular weight is 570 g/mol. The van der Waals surface area contributed by atoms with Crippen LogP contribution in [0, 0.1) is 12.8 Å². The van der Waals surface area contributed by atoms with Gasteiger partial charge in [0, 0.05) is 25.8 Å². The van der Waals surface area contributed by atoms with Crippen molar-refractivity contribution in [2.75, 3.05) is 26.9 Å². The standard InChI is InChI=1S/C29H39N5O7/c1-8-38-27(35)29(15-18(3)4,28(36)39-9-2)41-21-10-11-22-24(14-21)40-13-12-33-17-23(31-25(22)33)26-30-20(6)32-34(26)16-19(5)37-7/h10-11,14,17-19H,8-9,12-13,15-16H2,1-7H3. The summed E-state index contributed by atoms with van der Waals surface area (Å²) in [5, 5.41) is 4.52. The number of carbonyl (C=O) groups excluding carboxylic acids is 2. The van der Waals surface area contributed by atoms with E-state index in [-0.39, 0.29) is 37.4 Å². The quantitative estimate of drug-likeness (QED) is 0.234. The van der Waals surface area contributed by atoms with E-state index in [1.54, 1.807) is 43.8 Å². The molecule has 0 aliphatic carbocycles. The highest BCUT2D eigenvalue weighted by molar-refractivity contribution is 6.04. The summed E-state index contributed by atoms with van der Waals surface area (Å²) in [6.07, 6.45) is 1.97. The van der Waals surface area contributed by atoms with E-state index in [1.807, 2.05) is 38.5 Å².